The van der Waals surface area contributed by atoms with E-state index in [1.165, 1.54) is 0 Å². The van der Waals surface area contributed by atoms with Crippen LogP contribution in [-0.4, -0.2) is 51.5 Å². The second kappa shape index (κ2) is 7.17. The third-order valence-electron chi connectivity index (χ3n) is 2.77. The molecule has 0 spiro atoms. The van der Waals surface area contributed by atoms with Gasteiger partial charge in [0.25, 0.3) is 0 Å². The van der Waals surface area contributed by atoms with Gasteiger partial charge in [-0.1, -0.05) is 12.1 Å². The number of aryl methyl sites for hydroxylation is 1. The molecule has 0 amide bonds. The van der Waals surface area contributed by atoms with E-state index in [0.717, 1.165) is 5.56 Å². The Morgan fingerprint density at radius 2 is 1.70 bits per heavy atom. The molecular formula is C12H20NO6P. The molecule has 0 bridgehead atoms. The van der Waals surface area contributed by atoms with Gasteiger partial charge in [0.15, 0.2) is 0 Å². The van der Waals surface area contributed by atoms with Crippen LogP contribution in [0.2, 0.25) is 0 Å². The van der Waals surface area contributed by atoms with E-state index in [9.17, 15) is 4.57 Å². The Morgan fingerprint density at radius 3 is 2.15 bits per heavy atom. The summed E-state index contributed by atoms with van der Waals surface area (Å²) in [6.45, 7) is -0.838. The van der Waals surface area contributed by atoms with Gasteiger partial charge in [-0.2, -0.15) is 0 Å². The van der Waals surface area contributed by atoms with E-state index in [1.54, 1.807) is 24.3 Å². The van der Waals surface area contributed by atoms with E-state index in [-0.39, 0.29) is 19.2 Å². The van der Waals surface area contributed by atoms with E-state index < -0.39 is 26.3 Å². The summed E-state index contributed by atoms with van der Waals surface area (Å²) in [5, 5.41) is 18.0. The van der Waals surface area contributed by atoms with E-state index in [1.807, 2.05) is 0 Å². The van der Waals surface area contributed by atoms with Crippen molar-refractivity contribution in [2.75, 3.05) is 26.0 Å². The Bertz CT molecular complexity index is 454. The number of hydrogen-bond acceptors (Lipinski definition) is 5. The standard InChI is InChI=1S/C12H20NO6P/c13-12(7-14,8-15)9-19-11-3-1-10(2-4-11)5-6-20(16,17)18/h1-4,14-15H,5-9,13H2,(H2,16,17,18). The molecule has 0 aromatic heterocycles. The van der Waals surface area contributed by atoms with Gasteiger partial charge >= 0.3 is 7.60 Å². The van der Waals surface area contributed by atoms with Gasteiger partial charge in [-0.3, -0.25) is 4.57 Å². The highest BCUT2D eigenvalue weighted by atomic mass is 31.2. The number of nitrogens with two attached hydrogens (primary N) is 1. The van der Waals surface area contributed by atoms with Crippen LogP contribution in [0, 0.1) is 0 Å². The van der Waals surface area contributed by atoms with Crippen molar-refractivity contribution in [3.63, 3.8) is 0 Å². The number of ether oxygens (including phenoxy) is 1. The van der Waals surface area contributed by atoms with Crippen LogP contribution in [0.3, 0.4) is 0 Å². The first-order valence-corrected chi connectivity index (χ1v) is 7.85. The molecule has 0 aliphatic heterocycles. The maximum atomic E-state index is 10.8. The van der Waals surface area contributed by atoms with Gasteiger partial charge in [-0.15, -0.1) is 0 Å². The summed E-state index contributed by atoms with van der Waals surface area (Å²) >= 11 is 0. The molecule has 114 valence electrons. The number of benzene rings is 1. The Kier molecular flexibility index (Phi) is 6.13. The van der Waals surface area contributed by atoms with Crippen LogP contribution in [-0.2, 0) is 11.0 Å². The SMILES string of the molecule is NC(CO)(CO)COc1ccc(CCP(=O)(O)O)cc1. The van der Waals surface area contributed by atoms with Crippen LogP contribution in [0.1, 0.15) is 5.56 Å². The Balaban J connectivity index is 2.52. The molecule has 0 heterocycles. The van der Waals surface area contributed by atoms with E-state index in [0.29, 0.717) is 5.75 Å². The second-order valence-electron chi connectivity index (χ2n) is 4.75. The predicted molar refractivity (Wildman–Crippen MR) is 73.6 cm³/mol. The highest BCUT2D eigenvalue weighted by Gasteiger charge is 2.24. The van der Waals surface area contributed by atoms with Gasteiger partial charge < -0.3 is 30.5 Å². The fraction of sp³-hybridized carbons (Fsp3) is 0.500. The van der Waals surface area contributed by atoms with E-state index >= 15 is 0 Å². The molecule has 0 aliphatic rings. The first-order chi connectivity index (χ1) is 9.28. The molecule has 0 saturated carbocycles. The molecule has 0 atom stereocenters. The third-order valence-corrected chi connectivity index (χ3v) is 3.58. The summed E-state index contributed by atoms with van der Waals surface area (Å²) in [4.78, 5) is 17.6. The largest absolute Gasteiger partial charge is 0.491 e. The average Bonchev–Trinajstić information content (AvgIpc) is 2.43. The lowest BCUT2D eigenvalue weighted by Gasteiger charge is -2.24. The number of rotatable bonds is 8. The molecule has 8 heteroatoms. The monoisotopic (exact) mass is 305 g/mol. The van der Waals surface area contributed by atoms with Gasteiger partial charge in [0.2, 0.25) is 0 Å². The summed E-state index contributed by atoms with van der Waals surface area (Å²) in [6, 6.07) is 6.68. The molecule has 6 N–H and O–H groups in total. The third kappa shape index (κ3) is 6.00. The summed E-state index contributed by atoms with van der Waals surface area (Å²) in [7, 11) is -3.99. The molecule has 0 radical (unpaired) electrons. The lowest BCUT2D eigenvalue weighted by molar-refractivity contribution is 0.0785. The second-order valence-corrected chi connectivity index (χ2v) is 6.53. The van der Waals surface area contributed by atoms with Crippen molar-refractivity contribution < 1.29 is 29.3 Å². The van der Waals surface area contributed by atoms with Gasteiger partial charge in [0, 0.05) is 0 Å². The Labute approximate surface area is 117 Å². The molecule has 20 heavy (non-hydrogen) atoms. The maximum Gasteiger partial charge on any atom is 0.325 e. The molecule has 0 saturated heterocycles. The quantitative estimate of drug-likeness (QED) is 0.408. The fourth-order valence-electron chi connectivity index (χ4n) is 1.40. The van der Waals surface area contributed by atoms with Crippen LogP contribution >= 0.6 is 7.60 Å². The zero-order chi connectivity index (χ0) is 15.2. The van der Waals surface area contributed by atoms with Gasteiger partial charge in [0.1, 0.15) is 12.4 Å². The topological polar surface area (TPSA) is 133 Å². The number of hydrogen-bond donors (Lipinski definition) is 5. The van der Waals surface area contributed by atoms with Crippen LogP contribution in [0.4, 0.5) is 0 Å². The van der Waals surface area contributed by atoms with Crippen molar-refractivity contribution in [1.82, 2.24) is 0 Å². The van der Waals surface area contributed by atoms with Crippen molar-refractivity contribution in [3.05, 3.63) is 29.8 Å². The first kappa shape index (κ1) is 17.1. The molecule has 0 aliphatic carbocycles. The number of aliphatic hydroxyl groups is 2. The maximum absolute atomic E-state index is 10.8. The van der Waals surface area contributed by atoms with Crippen molar-refractivity contribution in [2.45, 2.75) is 12.0 Å². The van der Waals surface area contributed by atoms with Crippen LogP contribution in [0.15, 0.2) is 24.3 Å². The molecule has 7 nitrogen and oxygen atoms in total. The van der Waals surface area contributed by atoms with Crippen molar-refractivity contribution in [2.24, 2.45) is 5.73 Å². The van der Waals surface area contributed by atoms with Gasteiger partial charge in [-0.25, -0.2) is 0 Å². The Hall–Kier alpha value is -0.950. The van der Waals surface area contributed by atoms with Gasteiger partial charge in [0.05, 0.1) is 24.9 Å². The summed E-state index contributed by atoms with van der Waals surface area (Å²) in [5.41, 5.74) is 5.24. The first-order valence-electron chi connectivity index (χ1n) is 6.05. The Morgan fingerprint density at radius 1 is 1.15 bits per heavy atom. The summed E-state index contributed by atoms with van der Waals surface area (Å²) < 4.78 is 16.1. The highest BCUT2D eigenvalue weighted by molar-refractivity contribution is 7.51. The minimum Gasteiger partial charge on any atom is -0.491 e. The van der Waals surface area contributed by atoms with E-state index in [4.69, 9.17) is 30.5 Å². The van der Waals surface area contributed by atoms with E-state index in [2.05, 4.69) is 0 Å². The molecule has 1 aromatic carbocycles. The normalized spacial score (nSPS) is 12.4. The molecular weight excluding hydrogens is 285 g/mol. The van der Waals surface area contributed by atoms with Crippen molar-refractivity contribution >= 4 is 7.60 Å². The van der Waals surface area contributed by atoms with Crippen LogP contribution in [0.5, 0.6) is 5.75 Å². The molecule has 1 rings (SSSR count). The molecule has 1 aromatic rings. The number of aliphatic hydroxyl groups excluding tert-OH is 2. The van der Waals surface area contributed by atoms with Crippen LogP contribution in [0.25, 0.3) is 0 Å². The smallest absolute Gasteiger partial charge is 0.325 e. The summed E-state index contributed by atoms with van der Waals surface area (Å²) in [6.07, 6.45) is 0.0762. The summed E-state index contributed by atoms with van der Waals surface area (Å²) in [5.74, 6) is 0.502. The van der Waals surface area contributed by atoms with Gasteiger partial charge in [-0.05, 0) is 24.1 Å². The average molecular weight is 305 g/mol. The highest BCUT2D eigenvalue weighted by Crippen LogP contribution is 2.34. The van der Waals surface area contributed by atoms with Crippen molar-refractivity contribution in [1.29, 1.82) is 0 Å². The van der Waals surface area contributed by atoms with Crippen LogP contribution < -0.4 is 10.5 Å². The lowest BCUT2D eigenvalue weighted by Crippen LogP contribution is -2.52. The minimum absolute atomic E-state index is 0.0399. The minimum atomic E-state index is -3.99. The zero-order valence-electron chi connectivity index (χ0n) is 11.0. The fourth-order valence-corrected chi connectivity index (χ4v) is 1.94. The molecule has 0 unspecified atom stereocenters. The molecule has 0 fully saturated rings. The predicted octanol–water partition coefficient (Wildman–Crippen LogP) is -0.532. The zero-order valence-corrected chi connectivity index (χ0v) is 11.9. The van der Waals surface area contributed by atoms with Crippen molar-refractivity contribution in [3.8, 4) is 5.75 Å². The lowest BCUT2D eigenvalue weighted by atomic mass is 10.1.